The van der Waals surface area contributed by atoms with Crippen molar-refractivity contribution in [3.63, 3.8) is 0 Å². The highest BCUT2D eigenvalue weighted by Crippen LogP contribution is 2.24. The SMILES string of the molecule is COc1ccc(NC(=O)Cn2nc3c(-c4nc(-c5ccccc5)no4)cccn3c2=O)cc1. The average molecular weight is 442 g/mol. The molecule has 0 spiro atoms. The molecule has 3 heterocycles. The van der Waals surface area contributed by atoms with Gasteiger partial charge in [-0.15, -0.1) is 5.10 Å². The first-order chi connectivity index (χ1) is 16.1. The molecule has 10 heteroatoms. The number of aromatic nitrogens is 5. The van der Waals surface area contributed by atoms with Gasteiger partial charge in [0.05, 0.1) is 12.7 Å². The highest BCUT2D eigenvalue weighted by molar-refractivity contribution is 5.90. The molecule has 0 aliphatic carbocycles. The van der Waals surface area contributed by atoms with E-state index in [9.17, 15) is 9.59 Å². The van der Waals surface area contributed by atoms with E-state index in [1.807, 2.05) is 30.3 Å². The van der Waals surface area contributed by atoms with Crippen LogP contribution in [0.2, 0.25) is 0 Å². The number of ether oxygens (including phenoxy) is 1. The fourth-order valence-corrected chi connectivity index (χ4v) is 3.36. The smallest absolute Gasteiger partial charge is 0.350 e. The minimum absolute atomic E-state index is 0.222. The first-order valence-electron chi connectivity index (χ1n) is 10.0. The molecule has 3 aromatic heterocycles. The first kappa shape index (κ1) is 20.2. The lowest BCUT2D eigenvalue weighted by atomic mass is 10.2. The molecular weight excluding hydrogens is 424 g/mol. The van der Waals surface area contributed by atoms with E-state index in [1.54, 1.807) is 49.7 Å². The Morgan fingerprint density at radius 3 is 2.61 bits per heavy atom. The second-order valence-electron chi connectivity index (χ2n) is 7.12. The van der Waals surface area contributed by atoms with E-state index in [4.69, 9.17) is 9.26 Å². The van der Waals surface area contributed by atoms with E-state index in [-0.39, 0.29) is 12.4 Å². The summed E-state index contributed by atoms with van der Waals surface area (Å²) in [6.45, 7) is -0.259. The standard InChI is InChI=1S/C23H18N6O4/c1-32-17-11-9-16(10-12-17)24-19(30)14-29-23(31)28-13-5-8-18(21(28)26-29)22-25-20(27-33-22)15-6-3-2-4-7-15/h2-13H,14H2,1H3,(H,24,30). The lowest BCUT2D eigenvalue weighted by Gasteiger charge is -2.05. The quantitative estimate of drug-likeness (QED) is 0.430. The number of fused-ring (bicyclic) bond motifs is 1. The molecule has 1 amide bonds. The third-order valence-electron chi connectivity index (χ3n) is 4.97. The molecule has 0 unspecified atom stereocenters. The van der Waals surface area contributed by atoms with E-state index in [2.05, 4.69) is 20.6 Å². The zero-order valence-corrected chi connectivity index (χ0v) is 17.5. The van der Waals surface area contributed by atoms with Crippen LogP contribution in [0, 0.1) is 0 Å². The number of amides is 1. The van der Waals surface area contributed by atoms with E-state index in [0.717, 1.165) is 10.2 Å². The zero-order valence-electron chi connectivity index (χ0n) is 17.5. The topological polar surface area (TPSA) is 117 Å². The molecule has 0 bridgehead atoms. The monoisotopic (exact) mass is 442 g/mol. The Labute approximate surface area is 187 Å². The summed E-state index contributed by atoms with van der Waals surface area (Å²) in [7, 11) is 1.56. The summed E-state index contributed by atoms with van der Waals surface area (Å²) >= 11 is 0. The number of carbonyl (C=O) groups is 1. The summed E-state index contributed by atoms with van der Waals surface area (Å²) in [6.07, 6.45) is 1.57. The number of hydrogen-bond donors (Lipinski definition) is 1. The van der Waals surface area contributed by atoms with Gasteiger partial charge in [0.25, 0.3) is 5.89 Å². The fraction of sp³-hybridized carbons (Fsp3) is 0.0870. The van der Waals surface area contributed by atoms with Crippen LogP contribution in [0.5, 0.6) is 5.75 Å². The van der Waals surface area contributed by atoms with Crippen LogP contribution in [0.1, 0.15) is 0 Å². The van der Waals surface area contributed by atoms with Crippen molar-refractivity contribution in [2.24, 2.45) is 0 Å². The van der Waals surface area contributed by atoms with Crippen molar-refractivity contribution in [1.29, 1.82) is 0 Å². The van der Waals surface area contributed by atoms with Crippen molar-refractivity contribution in [3.8, 4) is 28.6 Å². The molecule has 0 fully saturated rings. The Morgan fingerprint density at radius 1 is 1.06 bits per heavy atom. The number of nitrogens with zero attached hydrogens (tertiary/aromatic N) is 5. The summed E-state index contributed by atoms with van der Waals surface area (Å²) in [4.78, 5) is 29.7. The predicted molar refractivity (Wildman–Crippen MR) is 120 cm³/mol. The summed E-state index contributed by atoms with van der Waals surface area (Å²) < 4.78 is 13.0. The van der Waals surface area contributed by atoms with Gasteiger partial charge >= 0.3 is 5.69 Å². The molecular formula is C23H18N6O4. The molecule has 0 atom stereocenters. The van der Waals surface area contributed by atoms with Gasteiger partial charge in [-0.05, 0) is 36.4 Å². The third-order valence-corrected chi connectivity index (χ3v) is 4.97. The largest absolute Gasteiger partial charge is 0.497 e. The first-order valence-corrected chi connectivity index (χ1v) is 10.0. The van der Waals surface area contributed by atoms with Crippen LogP contribution in [0.4, 0.5) is 5.69 Å². The number of nitrogens with one attached hydrogen (secondary N) is 1. The van der Waals surface area contributed by atoms with Crippen molar-refractivity contribution < 1.29 is 14.1 Å². The second kappa shape index (κ2) is 8.42. The third kappa shape index (κ3) is 3.97. The van der Waals surface area contributed by atoms with Gasteiger partial charge in [-0.3, -0.25) is 4.79 Å². The van der Waals surface area contributed by atoms with Gasteiger partial charge in [0.1, 0.15) is 12.3 Å². The van der Waals surface area contributed by atoms with Crippen molar-refractivity contribution >= 4 is 17.2 Å². The van der Waals surface area contributed by atoms with Crippen molar-refractivity contribution in [3.05, 3.63) is 83.4 Å². The van der Waals surface area contributed by atoms with Crippen LogP contribution < -0.4 is 15.7 Å². The summed E-state index contributed by atoms with van der Waals surface area (Å²) in [5.41, 5.74) is 1.72. The van der Waals surface area contributed by atoms with Crippen LogP contribution in [-0.2, 0) is 11.3 Å². The van der Waals surface area contributed by atoms with Crippen molar-refractivity contribution in [2.75, 3.05) is 12.4 Å². The maximum atomic E-state index is 12.8. The fourth-order valence-electron chi connectivity index (χ4n) is 3.36. The Morgan fingerprint density at radius 2 is 1.85 bits per heavy atom. The molecule has 0 aliphatic rings. The number of methoxy groups -OCH3 is 1. The average Bonchev–Trinajstić information content (AvgIpc) is 3.46. The van der Waals surface area contributed by atoms with Gasteiger partial charge in [-0.25, -0.2) is 13.9 Å². The molecule has 164 valence electrons. The maximum absolute atomic E-state index is 12.8. The zero-order chi connectivity index (χ0) is 22.8. The molecule has 0 radical (unpaired) electrons. The molecule has 0 saturated carbocycles. The number of anilines is 1. The lowest BCUT2D eigenvalue weighted by molar-refractivity contribution is -0.117. The van der Waals surface area contributed by atoms with Gasteiger partial charge in [-0.1, -0.05) is 35.5 Å². The van der Waals surface area contributed by atoms with Crippen molar-refractivity contribution in [2.45, 2.75) is 6.54 Å². The van der Waals surface area contributed by atoms with E-state index < -0.39 is 11.6 Å². The van der Waals surface area contributed by atoms with Gasteiger partial charge in [-0.2, -0.15) is 4.98 Å². The predicted octanol–water partition coefficient (Wildman–Crippen LogP) is 2.86. The summed E-state index contributed by atoms with van der Waals surface area (Å²) in [6, 6.07) is 19.7. The summed E-state index contributed by atoms with van der Waals surface area (Å²) in [5.74, 6) is 0.928. The number of benzene rings is 2. The number of hydrogen-bond acceptors (Lipinski definition) is 7. The van der Waals surface area contributed by atoms with Gasteiger partial charge in [0.2, 0.25) is 11.7 Å². The molecule has 0 aliphatic heterocycles. The van der Waals surface area contributed by atoms with Gasteiger partial charge < -0.3 is 14.6 Å². The number of pyridine rings is 1. The van der Waals surface area contributed by atoms with Crippen LogP contribution >= 0.6 is 0 Å². The molecule has 10 nitrogen and oxygen atoms in total. The molecule has 5 aromatic rings. The molecule has 33 heavy (non-hydrogen) atoms. The molecule has 1 N–H and O–H groups in total. The number of carbonyl (C=O) groups excluding carboxylic acids is 1. The highest BCUT2D eigenvalue weighted by atomic mass is 16.5. The van der Waals surface area contributed by atoms with Crippen LogP contribution in [0.3, 0.4) is 0 Å². The lowest BCUT2D eigenvalue weighted by Crippen LogP contribution is -2.28. The Balaban J connectivity index is 1.42. The number of rotatable bonds is 6. The van der Waals surface area contributed by atoms with Crippen LogP contribution in [-0.4, -0.2) is 37.3 Å². The molecule has 0 saturated heterocycles. The second-order valence-corrected chi connectivity index (χ2v) is 7.12. The van der Waals surface area contributed by atoms with Gasteiger partial charge in [0.15, 0.2) is 5.65 Å². The Kier molecular flexibility index (Phi) is 5.15. The Bertz CT molecular complexity index is 1490. The van der Waals surface area contributed by atoms with Gasteiger partial charge in [0, 0.05) is 17.4 Å². The molecule has 2 aromatic carbocycles. The normalized spacial score (nSPS) is 10.9. The Hall–Kier alpha value is -4.73. The maximum Gasteiger partial charge on any atom is 0.350 e. The highest BCUT2D eigenvalue weighted by Gasteiger charge is 2.18. The minimum atomic E-state index is -0.459. The van der Waals surface area contributed by atoms with E-state index in [0.29, 0.717) is 28.5 Å². The van der Waals surface area contributed by atoms with E-state index in [1.165, 1.54) is 4.40 Å². The van der Waals surface area contributed by atoms with E-state index >= 15 is 0 Å². The van der Waals surface area contributed by atoms with Crippen molar-refractivity contribution in [1.82, 2.24) is 24.3 Å². The minimum Gasteiger partial charge on any atom is -0.497 e. The van der Waals surface area contributed by atoms with Crippen LogP contribution in [0.15, 0.2) is 82.2 Å². The van der Waals surface area contributed by atoms with Crippen LogP contribution in [0.25, 0.3) is 28.5 Å². The molecule has 5 rings (SSSR count). The summed E-state index contributed by atoms with van der Waals surface area (Å²) in [5, 5.41) is 11.1.